The smallest absolute Gasteiger partial charge is 0.303 e. The van der Waals surface area contributed by atoms with Crippen molar-refractivity contribution in [2.45, 2.75) is 53.4 Å². The van der Waals surface area contributed by atoms with E-state index < -0.39 is 15.6 Å². The van der Waals surface area contributed by atoms with Gasteiger partial charge in [-0.15, -0.1) is 0 Å². The van der Waals surface area contributed by atoms with E-state index in [0.29, 0.717) is 0 Å². The largest absolute Gasteiger partial charge is 0.466 e. The molecule has 26 heavy (non-hydrogen) atoms. The molecule has 0 saturated carbocycles. The van der Waals surface area contributed by atoms with Crippen LogP contribution in [0.2, 0.25) is 0 Å². The molecule has 0 heterocycles. The van der Waals surface area contributed by atoms with Gasteiger partial charge in [-0.2, -0.15) is 0 Å². The molecule has 0 fully saturated rings. The average Bonchev–Trinajstić information content (AvgIpc) is 2.34. The summed E-state index contributed by atoms with van der Waals surface area (Å²) in [4.78, 5) is 43.1. The molecule has 6 N–H and O–H groups in total. The fourth-order valence-electron chi connectivity index (χ4n) is 1.47. The molecule has 0 aromatic rings. The second-order valence-corrected chi connectivity index (χ2v) is 8.34. The fraction of sp³-hybridized carbons (Fsp3) is 0.600. The first-order valence-electron chi connectivity index (χ1n) is 7.63. The molecule has 156 valence electrons. The van der Waals surface area contributed by atoms with Gasteiger partial charge in [0, 0.05) is 5.33 Å². The lowest BCUT2D eigenvalue weighted by atomic mass is 10.1. The Bertz CT molecular complexity index is 505. The van der Waals surface area contributed by atoms with Gasteiger partial charge < -0.3 is 29.4 Å². The molecule has 0 radical (unpaired) electrons. The van der Waals surface area contributed by atoms with Gasteiger partial charge in [0.1, 0.15) is 0 Å². The van der Waals surface area contributed by atoms with Gasteiger partial charge in [0.05, 0.1) is 0 Å². The van der Waals surface area contributed by atoms with Crippen molar-refractivity contribution in [3.05, 3.63) is 34.9 Å². The zero-order chi connectivity index (χ0) is 21.4. The lowest BCUT2D eigenvalue weighted by Crippen LogP contribution is -1.81. The van der Waals surface area contributed by atoms with Gasteiger partial charge in [-0.25, -0.2) is 9.13 Å². The quantitative estimate of drug-likeness (QED) is 0.182. The molecule has 0 aliphatic heterocycles. The van der Waals surface area contributed by atoms with Crippen LogP contribution in [0.1, 0.15) is 53.4 Å². The summed E-state index contributed by atoms with van der Waals surface area (Å²) in [5.74, 6) is 0. The summed E-state index contributed by atoms with van der Waals surface area (Å²) in [5.41, 5.74) is 4.42. The summed E-state index contributed by atoms with van der Waals surface area (Å²) in [6.07, 6.45) is 11.7. The summed E-state index contributed by atoms with van der Waals surface area (Å²) >= 11 is 3.42. The zero-order valence-electron chi connectivity index (χ0n) is 15.5. The molecule has 0 spiro atoms. The highest BCUT2D eigenvalue weighted by Crippen LogP contribution is 2.26. The number of hydrogen-bond acceptors (Lipinski definition) is 2. The number of phosphoric acid groups is 2. The number of allylic oxidation sites excluding steroid dienone is 6. The van der Waals surface area contributed by atoms with Crippen molar-refractivity contribution in [3.8, 4) is 0 Å². The Labute approximate surface area is 164 Å². The molecule has 11 heteroatoms. The standard InChI is InChI=1S/C15H25Br.2H3O4P/c1-13(2)7-5-8-14(3)9-6-10-15(4)11-12-16;2*1-5(2,3)4/h7,9,11H,5-6,8,10,12H2,1-4H3;2*(H3,1,2,3,4). The van der Waals surface area contributed by atoms with Gasteiger partial charge in [-0.05, 0) is 53.4 Å². The second kappa shape index (κ2) is 17.0. The van der Waals surface area contributed by atoms with Crippen molar-refractivity contribution in [1.82, 2.24) is 0 Å². The molecule has 0 amide bonds. The normalized spacial score (nSPS) is 12.4. The first-order chi connectivity index (χ1) is 11.6. The van der Waals surface area contributed by atoms with E-state index in [2.05, 4.69) is 61.9 Å². The van der Waals surface area contributed by atoms with E-state index in [1.165, 1.54) is 42.4 Å². The SMILES string of the molecule is CC(C)=CCCC(C)=CCCC(C)=CCBr.O=P(O)(O)O.O=P(O)(O)O. The van der Waals surface area contributed by atoms with E-state index in [4.69, 9.17) is 38.5 Å². The van der Waals surface area contributed by atoms with Crippen LogP contribution < -0.4 is 0 Å². The monoisotopic (exact) mass is 480 g/mol. The van der Waals surface area contributed by atoms with Crippen LogP contribution in [0.5, 0.6) is 0 Å². The topological polar surface area (TPSA) is 156 Å². The Kier molecular flexibility index (Phi) is 20.1. The van der Waals surface area contributed by atoms with E-state index in [1.54, 1.807) is 0 Å². The molecule has 0 unspecified atom stereocenters. The van der Waals surface area contributed by atoms with Crippen LogP contribution in [0.15, 0.2) is 34.9 Å². The lowest BCUT2D eigenvalue weighted by molar-refractivity contribution is 0.272. The Morgan fingerprint density at radius 3 is 1.35 bits per heavy atom. The molecule has 0 aliphatic carbocycles. The first kappa shape index (κ1) is 30.6. The minimum Gasteiger partial charge on any atom is -0.303 e. The van der Waals surface area contributed by atoms with Gasteiger partial charge in [0.2, 0.25) is 0 Å². The van der Waals surface area contributed by atoms with Crippen LogP contribution >= 0.6 is 31.6 Å². The highest BCUT2D eigenvalue weighted by Gasteiger charge is 2.00. The third-order valence-corrected chi connectivity index (χ3v) is 2.87. The van der Waals surface area contributed by atoms with Crippen molar-refractivity contribution >= 4 is 31.6 Å². The average molecular weight is 481 g/mol. The van der Waals surface area contributed by atoms with E-state index in [1.807, 2.05) is 0 Å². The first-order valence-corrected chi connectivity index (χ1v) is 11.9. The van der Waals surface area contributed by atoms with Crippen LogP contribution in [-0.2, 0) is 9.13 Å². The molecule has 0 aromatic carbocycles. The Morgan fingerprint density at radius 2 is 1.04 bits per heavy atom. The summed E-state index contributed by atoms with van der Waals surface area (Å²) < 4.78 is 17.8. The minimum absolute atomic E-state index is 0.974. The van der Waals surface area contributed by atoms with E-state index in [9.17, 15) is 0 Å². The van der Waals surface area contributed by atoms with Gasteiger partial charge in [-0.1, -0.05) is 50.9 Å². The lowest BCUT2D eigenvalue weighted by Gasteiger charge is -2.00. The number of halogens is 1. The van der Waals surface area contributed by atoms with Crippen LogP contribution in [0, 0.1) is 0 Å². The summed E-state index contributed by atoms with van der Waals surface area (Å²) in [6, 6.07) is 0. The number of hydrogen-bond donors (Lipinski definition) is 6. The van der Waals surface area contributed by atoms with Crippen molar-refractivity contribution in [1.29, 1.82) is 0 Å². The van der Waals surface area contributed by atoms with E-state index in [-0.39, 0.29) is 0 Å². The maximum absolute atomic E-state index is 8.88. The second-order valence-electron chi connectivity index (χ2n) is 5.64. The molecular formula is C15H31BrO8P2. The third kappa shape index (κ3) is 56.4. The summed E-state index contributed by atoms with van der Waals surface area (Å²) in [5, 5.41) is 0.974. The fourth-order valence-corrected chi connectivity index (χ4v) is 2.02. The molecule has 0 bridgehead atoms. The maximum atomic E-state index is 8.88. The van der Waals surface area contributed by atoms with Crippen LogP contribution in [0.4, 0.5) is 0 Å². The predicted octanol–water partition coefficient (Wildman–Crippen LogP) is 3.94. The molecule has 0 rings (SSSR count). The van der Waals surface area contributed by atoms with E-state index >= 15 is 0 Å². The predicted molar refractivity (Wildman–Crippen MR) is 108 cm³/mol. The summed E-state index contributed by atoms with van der Waals surface area (Å²) in [6.45, 7) is 8.76. The van der Waals surface area contributed by atoms with Crippen LogP contribution in [0.25, 0.3) is 0 Å². The van der Waals surface area contributed by atoms with E-state index in [0.717, 1.165) is 5.33 Å². The number of rotatable bonds is 7. The highest BCUT2D eigenvalue weighted by atomic mass is 79.9. The van der Waals surface area contributed by atoms with Gasteiger partial charge in [-0.3, -0.25) is 0 Å². The van der Waals surface area contributed by atoms with Crippen molar-refractivity contribution in [2.24, 2.45) is 0 Å². The van der Waals surface area contributed by atoms with Crippen molar-refractivity contribution in [2.75, 3.05) is 5.33 Å². The Morgan fingerprint density at radius 1 is 0.731 bits per heavy atom. The zero-order valence-corrected chi connectivity index (χ0v) is 18.9. The van der Waals surface area contributed by atoms with Gasteiger partial charge in [0.25, 0.3) is 0 Å². The van der Waals surface area contributed by atoms with Crippen LogP contribution in [0.3, 0.4) is 0 Å². The van der Waals surface area contributed by atoms with Gasteiger partial charge >= 0.3 is 15.6 Å². The number of alkyl halides is 1. The Hall–Kier alpha value is -0.0800. The molecular weight excluding hydrogens is 450 g/mol. The van der Waals surface area contributed by atoms with Crippen LogP contribution in [-0.4, -0.2) is 34.7 Å². The van der Waals surface area contributed by atoms with Crippen molar-refractivity contribution < 1.29 is 38.5 Å². The summed E-state index contributed by atoms with van der Waals surface area (Å²) in [7, 11) is -9.28. The molecule has 0 atom stereocenters. The maximum Gasteiger partial charge on any atom is 0.466 e. The molecule has 0 aromatic heterocycles. The third-order valence-electron chi connectivity index (χ3n) is 2.55. The highest BCUT2D eigenvalue weighted by molar-refractivity contribution is 9.09. The van der Waals surface area contributed by atoms with Gasteiger partial charge in [0.15, 0.2) is 0 Å². The molecule has 0 saturated heterocycles. The Balaban J connectivity index is -0.000000433. The minimum atomic E-state index is -4.64. The van der Waals surface area contributed by atoms with Crippen molar-refractivity contribution in [3.63, 3.8) is 0 Å². The molecule has 8 nitrogen and oxygen atoms in total. The molecule has 0 aliphatic rings.